The maximum atomic E-state index is 12.8. The molecule has 0 aliphatic carbocycles. The van der Waals surface area contributed by atoms with E-state index >= 15 is 0 Å². The van der Waals surface area contributed by atoms with Crippen LogP contribution in [0, 0.1) is 10.1 Å². The fourth-order valence-corrected chi connectivity index (χ4v) is 4.40. The third-order valence-electron chi connectivity index (χ3n) is 5.41. The first kappa shape index (κ1) is 26.5. The number of carbonyl (C=O) groups excluding carboxylic acids is 1. The number of nitrogens with zero attached hydrogens (tertiary/aromatic N) is 4. The summed E-state index contributed by atoms with van der Waals surface area (Å²) in [7, 11) is 2.99. The molecule has 0 bridgehead atoms. The predicted octanol–water partition coefficient (Wildman–Crippen LogP) is 5.06. The van der Waals surface area contributed by atoms with Crippen molar-refractivity contribution in [1.29, 1.82) is 0 Å². The molecule has 0 aliphatic heterocycles. The van der Waals surface area contributed by atoms with E-state index in [0.717, 1.165) is 5.69 Å². The number of nitro benzene ring substituents is 1. The Labute approximate surface area is 222 Å². The molecule has 3 aromatic carbocycles. The van der Waals surface area contributed by atoms with Crippen molar-refractivity contribution in [2.45, 2.75) is 18.2 Å². The number of methoxy groups -OCH3 is 2. The molecule has 1 amide bonds. The summed E-state index contributed by atoms with van der Waals surface area (Å²) in [6, 6.07) is 20.8. The second-order valence-electron chi connectivity index (χ2n) is 7.90. The van der Waals surface area contributed by atoms with Crippen LogP contribution < -0.4 is 19.5 Å². The van der Waals surface area contributed by atoms with E-state index in [2.05, 4.69) is 15.5 Å². The summed E-state index contributed by atoms with van der Waals surface area (Å²) in [4.78, 5) is 23.4. The van der Waals surface area contributed by atoms with E-state index in [1.165, 1.54) is 37.1 Å². The number of thioether (sulfide) groups is 1. The van der Waals surface area contributed by atoms with Gasteiger partial charge in [0.2, 0.25) is 5.91 Å². The van der Waals surface area contributed by atoms with Crippen molar-refractivity contribution in [3.8, 4) is 22.9 Å². The molecule has 0 aliphatic rings. The molecule has 1 N–H and O–H groups in total. The molecule has 1 unspecified atom stereocenters. The van der Waals surface area contributed by atoms with Gasteiger partial charge in [0.25, 0.3) is 5.69 Å². The van der Waals surface area contributed by atoms with E-state index in [9.17, 15) is 14.9 Å². The second kappa shape index (κ2) is 12.1. The van der Waals surface area contributed by atoms with Crippen LogP contribution in [0.5, 0.6) is 17.2 Å². The maximum absolute atomic E-state index is 12.8. The van der Waals surface area contributed by atoms with Gasteiger partial charge in [-0.05, 0) is 37.3 Å². The van der Waals surface area contributed by atoms with Crippen LogP contribution >= 0.6 is 11.8 Å². The lowest BCUT2D eigenvalue weighted by molar-refractivity contribution is -0.384. The van der Waals surface area contributed by atoms with Gasteiger partial charge in [-0.3, -0.25) is 19.5 Å². The zero-order valence-electron chi connectivity index (χ0n) is 20.9. The van der Waals surface area contributed by atoms with Crippen LogP contribution in [0.4, 0.5) is 11.4 Å². The molecule has 0 saturated carbocycles. The number of benzene rings is 3. The monoisotopic (exact) mass is 535 g/mol. The summed E-state index contributed by atoms with van der Waals surface area (Å²) in [5.74, 6) is 1.57. The fourth-order valence-electron chi connectivity index (χ4n) is 3.64. The zero-order chi connectivity index (χ0) is 27.1. The molecule has 0 saturated heterocycles. The van der Waals surface area contributed by atoms with Crippen LogP contribution in [0.1, 0.15) is 18.9 Å². The van der Waals surface area contributed by atoms with Crippen LogP contribution in [0.3, 0.4) is 0 Å². The van der Waals surface area contributed by atoms with Crippen molar-refractivity contribution >= 4 is 29.0 Å². The molecule has 38 heavy (non-hydrogen) atoms. The van der Waals surface area contributed by atoms with Crippen molar-refractivity contribution in [3.63, 3.8) is 0 Å². The number of amides is 1. The van der Waals surface area contributed by atoms with Crippen molar-refractivity contribution in [2.75, 3.05) is 25.3 Å². The highest BCUT2D eigenvalue weighted by Gasteiger charge is 2.23. The Morgan fingerprint density at radius 1 is 1.00 bits per heavy atom. The first-order chi connectivity index (χ1) is 18.4. The maximum Gasteiger partial charge on any atom is 0.271 e. The van der Waals surface area contributed by atoms with Crippen molar-refractivity contribution in [1.82, 2.24) is 14.8 Å². The van der Waals surface area contributed by atoms with Crippen molar-refractivity contribution < 1.29 is 23.9 Å². The van der Waals surface area contributed by atoms with Crippen molar-refractivity contribution in [3.05, 3.63) is 88.7 Å². The highest BCUT2D eigenvalue weighted by molar-refractivity contribution is 7.99. The van der Waals surface area contributed by atoms with Gasteiger partial charge >= 0.3 is 0 Å². The van der Waals surface area contributed by atoms with E-state index in [4.69, 9.17) is 14.2 Å². The van der Waals surface area contributed by atoms with Gasteiger partial charge < -0.3 is 19.5 Å². The number of non-ortho nitro benzene ring substituents is 1. The van der Waals surface area contributed by atoms with Gasteiger partial charge in [0.05, 0.1) is 30.6 Å². The molecule has 196 valence electrons. The third-order valence-corrected chi connectivity index (χ3v) is 6.34. The minimum absolute atomic E-state index is 0.0292. The summed E-state index contributed by atoms with van der Waals surface area (Å²) < 4.78 is 18.6. The number of carbonyl (C=O) groups is 1. The topological polar surface area (TPSA) is 131 Å². The molecule has 12 heteroatoms. The standard InChI is InChI=1S/C26H25N5O6S/c1-17(37-23-12-8-7-11-22(23)36-3)25-28-29-26(30(25)18-9-5-4-6-10-18)38-16-24(32)27-20-15-19(31(33)34)13-14-21(20)35-2/h4-15,17H,16H2,1-3H3,(H,27,32). The van der Waals surface area contributed by atoms with Gasteiger partial charge in [0.1, 0.15) is 5.75 Å². The lowest BCUT2D eigenvalue weighted by Gasteiger charge is -2.18. The molecular weight excluding hydrogens is 510 g/mol. The Morgan fingerprint density at radius 3 is 2.37 bits per heavy atom. The van der Waals surface area contributed by atoms with Gasteiger partial charge in [-0.15, -0.1) is 10.2 Å². The van der Waals surface area contributed by atoms with E-state index in [1.807, 2.05) is 54.0 Å². The molecule has 0 spiro atoms. The van der Waals surface area contributed by atoms with Crippen LogP contribution in [0.2, 0.25) is 0 Å². The van der Waals surface area contributed by atoms with Gasteiger partial charge in [0, 0.05) is 17.8 Å². The molecule has 4 rings (SSSR count). The number of aromatic nitrogens is 3. The number of para-hydroxylation sites is 3. The normalized spacial score (nSPS) is 11.4. The van der Waals surface area contributed by atoms with Crippen LogP contribution in [-0.4, -0.2) is 45.6 Å². The summed E-state index contributed by atoms with van der Waals surface area (Å²) in [6.07, 6.45) is -0.503. The Morgan fingerprint density at radius 2 is 1.68 bits per heavy atom. The van der Waals surface area contributed by atoms with Crippen LogP contribution in [-0.2, 0) is 4.79 Å². The SMILES string of the molecule is COc1ccc([N+](=O)[O-])cc1NC(=O)CSc1nnc(C(C)Oc2ccccc2OC)n1-c1ccccc1. The fraction of sp³-hybridized carbons (Fsp3) is 0.192. The van der Waals surface area contributed by atoms with E-state index in [0.29, 0.717) is 28.2 Å². The van der Waals surface area contributed by atoms with E-state index < -0.39 is 16.9 Å². The number of hydrogen-bond acceptors (Lipinski definition) is 9. The molecule has 4 aromatic rings. The molecule has 0 fully saturated rings. The molecule has 0 radical (unpaired) electrons. The minimum atomic E-state index is -0.540. The smallest absolute Gasteiger partial charge is 0.271 e. The Bertz CT molecular complexity index is 1430. The predicted molar refractivity (Wildman–Crippen MR) is 142 cm³/mol. The summed E-state index contributed by atoms with van der Waals surface area (Å²) >= 11 is 1.17. The van der Waals surface area contributed by atoms with Gasteiger partial charge in [-0.1, -0.05) is 42.1 Å². The summed E-state index contributed by atoms with van der Waals surface area (Å²) in [6.45, 7) is 1.85. The lowest BCUT2D eigenvalue weighted by atomic mass is 10.2. The third kappa shape index (κ3) is 6.03. The van der Waals surface area contributed by atoms with Crippen LogP contribution in [0.15, 0.2) is 78.0 Å². The van der Waals surface area contributed by atoms with Gasteiger partial charge in [-0.25, -0.2) is 0 Å². The van der Waals surface area contributed by atoms with Gasteiger partial charge in [0.15, 0.2) is 28.6 Å². The first-order valence-corrected chi connectivity index (χ1v) is 12.4. The lowest BCUT2D eigenvalue weighted by Crippen LogP contribution is -2.16. The minimum Gasteiger partial charge on any atom is -0.495 e. The summed E-state index contributed by atoms with van der Waals surface area (Å²) in [5.41, 5.74) is 0.842. The largest absolute Gasteiger partial charge is 0.495 e. The molecule has 1 aromatic heterocycles. The number of hydrogen-bond donors (Lipinski definition) is 1. The van der Waals surface area contributed by atoms with Crippen LogP contribution in [0.25, 0.3) is 5.69 Å². The number of rotatable bonds is 11. The van der Waals surface area contributed by atoms with Crippen molar-refractivity contribution in [2.24, 2.45) is 0 Å². The quantitative estimate of drug-likeness (QED) is 0.159. The molecule has 11 nitrogen and oxygen atoms in total. The van der Waals surface area contributed by atoms with Gasteiger partial charge in [-0.2, -0.15) is 0 Å². The highest BCUT2D eigenvalue weighted by Crippen LogP contribution is 2.33. The number of ether oxygens (including phenoxy) is 3. The molecule has 1 heterocycles. The Hall–Kier alpha value is -4.58. The Kier molecular flexibility index (Phi) is 8.44. The Balaban J connectivity index is 1.56. The van der Waals surface area contributed by atoms with E-state index in [1.54, 1.807) is 19.2 Å². The second-order valence-corrected chi connectivity index (χ2v) is 8.84. The number of nitrogens with one attached hydrogen (secondary N) is 1. The average molecular weight is 536 g/mol. The first-order valence-electron chi connectivity index (χ1n) is 11.5. The summed E-state index contributed by atoms with van der Waals surface area (Å²) in [5, 5.41) is 23.0. The molecular formula is C26H25N5O6S. The number of anilines is 1. The molecule has 1 atom stereocenters. The zero-order valence-corrected chi connectivity index (χ0v) is 21.7. The highest BCUT2D eigenvalue weighted by atomic mass is 32.2. The van der Waals surface area contributed by atoms with E-state index in [-0.39, 0.29) is 17.1 Å². The number of nitro groups is 1. The average Bonchev–Trinajstić information content (AvgIpc) is 3.37.